The zero-order valence-corrected chi connectivity index (χ0v) is 14.4. The highest BCUT2D eigenvalue weighted by Gasteiger charge is 2.15. The van der Waals surface area contributed by atoms with Gasteiger partial charge in [0.25, 0.3) is 0 Å². The molecule has 1 aliphatic rings. The van der Waals surface area contributed by atoms with Crippen LogP contribution in [-0.2, 0) is 11.4 Å². The van der Waals surface area contributed by atoms with Crippen LogP contribution in [0.2, 0.25) is 5.02 Å². The Kier molecular flexibility index (Phi) is 5.85. The molecule has 0 saturated carbocycles. The van der Waals surface area contributed by atoms with E-state index in [-0.39, 0.29) is 19.0 Å². The van der Waals surface area contributed by atoms with Crippen LogP contribution in [0.4, 0.5) is 0 Å². The number of oxime groups is 1. The van der Waals surface area contributed by atoms with Crippen LogP contribution in [0.5, 0.6) is 17.2 Å². The highest BCUT2D eigenvalue weighted by Crippen LogP contribution is 2.38. The summed E-state index contributed by atoms with van der Waals surface area (Å²) in [5.41, 5.74) is 6.59. The average molecular weight is 363 g/mol. The number of halogens is 1. The minimum absolute atomic E-state index is 0.145. The van der Waals surface area contributed by atoms with E-state index in [1.54, 1.807) is 6.07 Å². The Morgan fingerprint density at radius 1 is 1.16 bits per heavy atom. The molecule has 0 radical (unpaired) electrons. The maximum Gasteiger partial charge on any atom is 0.179 e. The summed E-state index contributed by atoms with van der Waals surface area (Å²) in [6.45, 7) is 1.54. The number of rotatable bonds is 6. The molecule has 0 amide bonds. The van der Waals surface area contributed by atoms with Crippen molar-refractivity contribution in [3.8, 4) is 17.2 Å². The molecule has 0 saturated heterocycles. The number of nitrogens with zero attached hydrogens (tertiary/aromatic N) is 1. The van der Waals surface area contributed by atoms with E-state index in [4.69, 9.17) is 36.4 Å². The second-order valence-corrected chi connectivity index (χ2v) is 5.82. The Bertz CT molecular complexity index is 737. The van der Waals surface area contributed by atoms with Gasteiger partial charge in [-0.3, -0.25) is 0 Å². The summed E-state index contributed by atoms with van der Waals surface area (Å²) in [4.78, 5) is 5.28. The predicted molar refractivity (Wildman–Crippen MR) is 95.4 cm³/mol. The minimum atomic E-state index is 0.145. The molecular weight excluding hydrogens is 344 g/mol. The summed E-state index contributed by atoms with van der Waals surface area (Å²) in [7, 11) is 0. The van der Waals surface area contributed by atoms with Crippen molar-refractivity contribution in [3.63, 3.8) is 0 Å². The molecule has 2 N–H and O–H groups in total. The summed E-state index contributed by atoms with van der Waals surface area (Å²) in [6.07, 6.45) is 0.819. The zero-order chi connectivity index (χ0) is 17.5. The van der Waals surface area contributed by atoms with Crippen LogP contribution >= 0.6 is 11.6 Å². The van der Waals surface area contributed by atoms with Gasteiger partial charge in [0.2, 0.25) is 0 Å². The van der Waals surface area contributed by atoms with Crippen LogP contribution < -0.4 is 19.9 Å². The van der Waals surface area contributed by atoms with Crippen molar-refractivity contribution < 1.29 is 19.0 Å². The first-order valence-corrected chi connectivity index (χ1v) is 8.30. The third-order valence-electron chi connectivity index (χ3n) is 3.40. The van der Waals surface area contributed by atoms with E-state index < -0.39 is 0 Å². The van der Waals surface area contributed by atoms with Crippen molar-refractivity contribution in [1.82, 2.24) is 0 Å². The average Bonchev–Trinajstić information content (AvgIpc) is 2.87. The Morgan fingerprint density at radius 3 is 2.80 bits per heavy atom. The van der Waals surface area contributed by atoms with Crippen LogP contribution in [0.25, 0.3) is 0 Å². The number of nitrogens with two attached hydrogens (primary N) is 1. The van der Waals surface area contributed by atoms with E-state index in [9.17, 15) is 0 Å². The third kappa shape index (κ3) is 4.93. The van der Waals surface area contributed by atoms with Gasteiger partial charge in [0.15, 0.2) is 17.3 Å². The number of fused-ring (bicyclic) bond motifs is 1. The molecule has 1 aliphatic heterocycles. The van der Waals surface area contributed by atoms with Gasteiger partial charge < -0.3 is 24.8 Å². The molecule has 0 atom stereocenters. The van der Waals surface area contributed by atoms with Crippen molar-refractivity contribution in [2.24, 2.45) is 10.9 Å². The van der Waals surface area contributed by atoms with Crippen molar-refractivity contribution in [1.29, 1.82) is 0 Å². The van der Waals surface area contributed by atoms with E-state index >= 15 is 0 Å². The summed E-state index contributed by atoms with van der Waals surface area (Å²) in [5, 5.41) is 4.34. The highest BCUT2D eigenvalue weighted by atomic mass is 35.5. The fourth-order valence-corrected chi connectivity index (χ4v) is 2.55. The van der Waals surface area contributed by atoms with Crippen molar-refractivity contribution >= 4 is 17.4 Å². The Morgan fingerprint density at radius 2 is 1.96 bits per heavy atom. The largest absolute Gasteiger partial charge is 0.489 e. The Hall–Kier alpha value is -2.60. The molecule has 132 valence electrons. The lowest BCUT2D eigenvalue weighted by atomic mass is 10.2. The standard InChI is InChI=1S/C18H19ClN2O4/c19-15-9-13(10-16-18(15)23-8-4-7-22-16)11-25-21-17(20)12-24-14-5-2-1-3-6-14/h1-3,5-6,9-10H,4,7-8,11-12H2,(H2,20,21). The highest BCUT2D eigenvalue weighted by molar-refractivity contribution is 6.32. The molecule has 0 spiro atoms. The fraction of sp³-hybridized carbons (Fsp3) is 0.278. The molecule has 2 aromatic rings. The topological polar surface area (TPSA) is 75.3 Å². The lowest BCUT2D eigenvalue weighted by molar-refractivity contribution is 0.128. The van der Waals surface area contributed by atoms with Crippen molar-refractivity contribution in [2.45, 2.75) is 13.0 Å². The molecule has 0 aliphatic carbocycles. The van der Waals surface area contributed by atoms with E-state index in [1.807, 2.05) is 36.4 Å². The molecule has 0 unspecified atom stereocenters. The van der Waals surface area contributed by atoms with Gasteiger partial charge in [-0.2, -0.15) is 0 Å². The van der Waals surface area contributed by atoms with E-state index in [0.717, 1.165) is 17.7 Å². The molecule has 2 aromatic carbocycles. The number of hydrogen-bond donors (Lipinski definition) is 1. The molecule has 6 nitrogen and oxygen atoms in total. The lowest BCUT2D eigenvalue weighted by Gasteiger charge is -2.11. The second kappa shape index (κ2) is 8.48. The molecule has 7 heteroatoms. The number of amidine groups is 1. The maximum atomic E-state index is 6.24. The number of para-hydroxylation sites is 1. The minimum Gasteiger partial charge on any atom is -0.489 e. The van der Waals surface area contributed by atoms with Gasteiger partial charge in [0, 0.05) is 6.42 Å². The van der Waals surface area contributed by atoms with Crippen LogP contribution in [0.1, 0.15) is 12.0 Å². The molecule has 25 heavy (non-hydrogen) atoms. The predicted octanol–water partition coefficient (Wildman–Crippen LogP) is 3.37. The van der Waals surface area contributed by atoms with Gasteiger partial charge in [-0.1, -0.05) is 35.0 Å². The van der Waals surface area contributed by atoms with Crippen molar-refractivity contribution in [2.75, 3.05) is 19.8 Å². The van der Waals surface area contributed by atoms with Gasteiger partial charge in [-0.25, -0.2) is 0 Å². The van der Waals surface area contributed by atoms with E-state index in [1.165, 1.54) is 0 Å². The monoisotopic (exact) mass is 362 g/mol. The summed E-state index contributed by atoms with van der Waals surface area (Å²) in [5.74, 6) is 2.15. The van der Waals surface area contributed by atoms with E-state index in [0.29, 0.717) is 29.7 Å². The first kappa shape index (κ1) is 17.2. The van der Waals surface area contributed by atoms with Gasteiger partial charge in [0.05, 0.1) is 18.2 Å². The van der Waals surface area contributed by atoms with Crippen LogP contribution in [0.3, 0.4) is 0 Å². The third-order valence-corrected chi connectivity index (χ3v) is 3.69. The molecule has 0 aromatic heterocycles. The van der Waals surface area contributed by atoms with Gasteiger partial charge >= 0.3 is 0 Å². The number of benzene rings is 2. The molecular formula is C18H19ClN2O4. The molecule has 1 heterocycles. The Labute approximate surface area is 151 Å². The summed E-state index contributed by atoms with van der Waals surface area (Å²) < 4.78 is 16.7. The molecule has 0 bridgehead atoms. The molecule has 3 rings (SSSR count). The van der Waals surface area contributed by atoms with Gasteiger partial charge in [-0.05, 0) is 29.8 Å². The van der Waals surface area contributed by atoms with Gasteiger partial charge in [-0.15, -0.1) is 0 Å². The first-order chi connectivity index (χ1) is 12.2. The maximum absolute atomic E-state index is 6.24. The van der Waals surface area contributed by atoms with Crippen LogP contribution in [0.15, 0.2) is 47.6 Å². The summed E-state index contributed by atoms with van der Waals surface area (Å²) in [6, 6.07) is 13.0. The molecule has 0 fully saturated rings. The summed E-state index contributed by atoms with van der Waals surface area (Å²) >= 11 is 6.24. The normalized spacial score (nSPS) is 13.9. The second-order valence-electron chi connectivity index (χ2n) is 5.41. The number of hydrogen-bond acceptors (Lipinski definition) is 5. The number of ether oxygens (including phenoxy) is 3. The van der Waals surface area contributed by atoms with Crippen LogP contribution in [0, 0.1) is 0 Å². The van der Waals surface area contributed by atoms with Gasteiger partial charge in [0.1, 0.15) is 19.0 Å². The lowest BCUT2D eigenvalue weighted by Crippen LogP contribution is -2.21. The fourth-order valence-electron chi connectivity index (χ4n) is 2.26. The zero-order valence-electron chi connectivity index (χ0n) is 13.6. The Balaban J connectivity index is 1.54. The van der Waals surface area contributed by atoms with Crippen molar-refractivity contribution in [3.05, 3.63) is 53.1 Å². The smallest absolute Gasteiger partial charge is 0.179 e. The quantitative estimate of drug-likeness (QED) is 0.484. The SMILES string of the molecule is N/C(COc1ccccc1)=N/OCc1cc(Cl)c2c(c1)OCCCO2. The first-order valence-electron chi connectivity index (χ1n) is 7.92. The van der Waals surface area contributed by atoms with E-state index in [2.05, 4.69) is 5.16 Å². The van der Waals surface area contributed by atoms with Crippen LogP contribution in [-0.4, -0.2) is 25.7 Å².